The maximum Gasteiger partial charge on any atom is 0.430 e. The number of carbonyl (C=O) groups excluding carboxylic acids is 2. The van der Waals surface area contributed by atoms with Crippen molar-refractivity contribution in [3.63, 3.8) is 0 Å². The summed E-state index contributed by atoms with van der Waals surface area (Å²) in [5.41, 5.74) is -0.0319. The molecular weight excluding hydrogens is 661 g/mol. The molecule has 0 radical (unpaired) electrons. The number of aliphatic hydroxyl groups excluding tert-OH is 1. The number of methoxy groups -OCH3 is 1. The molecule has 3 atom stereocenters. The van der Waals surface area contributed by atoms with Gasteiger partial charge >= 0.3 is 18.1 Å². The highest BCUT2D eigenvalue weighted by molar-refractivity contribution is 6.10. The van der Waals surface area contributed by atoms with Gasteiger partial charge in [0.2, 0.25) is 0 Å². The summed E-state index contributed by atoms with van der Waals surface area (Å²) in [6.07, 6.45) is -3.19. The number of esters is 2. The van der Waals surface area contributed by atoms with Gasteiger partial charge in [0, 0.05) is 53.8 Å². The molecule has 3 N–H and O–H groups in total. The molecule has 0 saturated heterocycles. The predicted octanol–water partition coefficient (Wildman–Crippen LogP) is 5.67. The number of benzene rings is 2. The number of ether oxygens (including phenoxy) is 3. The number of rotatable bonds is 15. The Bertz CT molecular complexity index is 1730. The molecule has 0 spiro atoms. The van der Waals surface area contributed by atoms with Gasteiger partial charge < -0.3 is 29.6 Å². The Balaban J connectivity index is 1.47. The fraction of sp³-hybridized carbons (Fsp3) is 0.400. The number of alkyl halides is 3. The predicted molar refractivity (Wildman–Crippen MR) is 178 cm³/mol. The number of nitro benzene ring substituents is 1. The van der Waals surface area contributed by atoms with Crippen molar-refractivity contribution >= 4 is 23.3 Å². The number of non-ortho nitro benzene ring substituents is 1. The van der Waals surface area contributed by atoms with E-state index in [2.05, 4.69) is 20.0 Å². The third-order valence-corrected chi connectivity index (χ3v) is 8.03. The number of nitro groups is 1. The van der Waals surface area contributed by atoms with Crippen LogP contribution in [0.1, 0.15) is 44.4 Å². The number of aliphatic imine (C=N–C) groups is 1. The van der Waals surface area contributed by atoms with Crippen molar-refractivity contribution in [1.29, 1.82) is 0 Å². The number of allylic oxidation sites excluding steroid dienone is 1. The first-order valence-electron chi connectivity index (χ1n) is 15.9. The number of nitrogens with one attached hydrogen (secondary N) is 2. The minimum absolute atomic E-state index is 0.0793. The van der Waals surface area contributed by atoms with Crippen molar-refractivity contribution in [3.05, 3.63) is 93.4 Å². The summed E-state index contributed by atoms with van der Waals surface area (Å²) in [7, 11) is 0.903. The van der Waals surface area contributed by atoms with Crippen molar-refractivity contribution in [3.8, 4) is 16.9 Å². The van der Waals surface area contributed by atoms with Crippen LogP contribution >= 0.6 is 0 Å². The van der Waals surface area contributed by atoms with Crippen LogP contribution in [0.25, 0.3) is 11.1 Å². The second-order valence-electron chi connectivity index (χ2n) is 12.0. The van der Waals surface area contributed by atoms with E-state index in [9.17, 15) is 38.0 Å². The summed E-state index contributed by atoms with van der Waals surface area (Å²) < 4.78 is 58.3. The van der Waals surface area contributed by atoms with E-state index in [1.54, 1.807) is 18.3 Å². The fourth-order valence-electron chi connectivity index (χ4n) is 5.67. The van der Waals surface area contributed by atoms with E-state index in [1.165, 1.54) is 19.1 Å². The molecule has 15 heteroatoms. The second kappa shape index (κ2) is 16.6. The molecule has 50 heavy (non-hydrogen) atoms. The Morgan fingerprint density at radius 1 is 1.14 bits per heavy atom. The van der Waals surface area contributed by atoms with Crippen molar-refractivity contribution in [2.75, 3.05) is 26.9 Å². The largest absolute Gasteiger partial charge is 0.491 e. The van der Waals surface area contributed by atoms with Crippen LogP contribution in [0.5, 0.6) is 5.75 Å². The molecule has 1 aliphatic rings. The number of aryl methyl sites for hydroxylation is 1. The van der Waals surface area contributed by atoms with Crippen LogP contribution < -0.4 is 10.1 Å². The molecule has 268 valence electrons. The van der Waals surface area contributed by atoms with Gasteiger partial charge in [0.15, 0.2) is 0 Å². The summed E-state index contributed by atoms with van der Waals surface area (Å²) >= 11 is 0. The van der Waals surface area contributed by atoms with Crippen LogP contribution in [-0.2, 0) is 25.5 Å². The molecule has 2 aromatic carbocycles. The third-order valence-electron chi connectivity index (χ3n) is 8.03. The second-order valence-corrected chi connectivity index (χ2v) is 12.0. The Kier molecular flexibility index (Phi) is 12.5. The van der Waals surface area contributed by atoms with E-state index in [0.29, 0.717) is 25.1 Å². The van der Waals surface area contributed by atoms with Gasteiger partial charge in [-0.2, -0.15) is 13.2 Å². The molecule has 1 aliphatic heterocycles. The van der Waals surface area contributed by atoms with Gasteiger partial charge in [-0.25, -0.2) is 4.79 Å². The smallest absolute Gasteiger partial charge is 0.430 e. The van der Waals surface area contributed by atoms with Crippen LogP contribution in [0.4, 0.5) is 18.9 Å². The van der Waals surface area contributed by atoms with E-state index in [1.807, 2.05) is 32.0 Å². The topological polar surface area (TPSA) is 165 Å². The van der Waals surface area contributed by atoms with E-state index in [4.69, 9.17) is 9.47 Å². The Hall–Kier alpha value is -5.02. The highest BCUT2D eigenvalue weighted by Gasteiger charge is 2.52. The minimum atomic E-state index is -5.07. The zero-order valence-electron chi connectivity index (χ0n) is 28.0. The molecule has 0 fully saturated rings. The molecule has 0 bridgehead atoms. The number of aromatic amines is 1. The maximum absolute atomic E-state index is 14.1. The van der Waals surface area contributed by atoms with Crippen LogP contribution in [0, 0.1) is 16.0 Å². The molecule has 0 amide bonds. The van der Waals surface area contributed by atoms with Gasteiger partial charge in [0.05, 0.1) is 24.2 Å². The van der Waals surface area contributed by atoms with E-state index in [-0.39, 0.29) is 36.1 Å². The monoisotopic (exact) mass is 700 g/mol. The molecule has 4 rings (SSSR count). The van der Waals surface area contributed by atoms with Gasteiger partial charge in [-0.15, -0.1) is 0 Å². The number of hydrogen-bond donors (Lipinski definition) is 3. The van der Waals surface area contributed by atoms with Gasteiger partial charge in [-0.3, -0.25) is 19.9 Å². The fourth-order valence-corrected chi connectivity index (χ4v) is 5.67. The quantitative estimate of drug-likeness (QED) is 0.0784. The van der Waals surface area contributed by atoms with Crippen LogP contribution in [0.2, 0.25) is 0 Å². The molecule has 0 saturated carbocycles. The molecule has 2 heterocycles. The molecule has 12 nitrogen and oxygen atoms in total. The lowest BCUT2D eigenvalue weighted by Crippen LogP contribution is -2.43. The maximum atomic E-state index is 14.1. The average Bonchev–Trinajstić information content (AvgIpc) is 3.55. The highest BCUT2D eigenvalue weighted by atomic mass is 19.4. The molecule has 3 aromatic rings. The van der Waals surface area contributed by atoms with E-state index < -0.39 is 52.4 Å². The van der Waals surface area contributed by atoms with Gasteiger partial charge in [-0.1, -0.05) is 38.1 Å². The summed E-state index contributed by atoms with van der Waals surface area (Å²) in [6.45, 7) is 5.58. The molecule has 0 aliphatic carbocycles. The van der Waals surface area contributed by atoms with E-state index >= 15 is 0 Å². The van der Waals surface area contributed by atoms with E-state index in [0.717, 1.165) is 36.1 Å². The van der Waals surface area contributed by atoms with Gasteiger partial charge in [0.1, 0.15) is 30.1 Å². The van der Waals surface area contributed by atoms with Crippen molar-refractivity contribution in [1.82, 2.24) is 10.3 Å². The van der Waals surface area contributed by atoms with Crippen molar-refractivity contribution < 1.29 is 47.0 Å². The average molecular weight is 701 g/mol. The zero-order valence-corrected chi connectivity index (χ0v) is 28.0. The first kappa shape index (κ1) is 37.8. The lowest BCUT2D eigenvalue weighted by atomic mass is 9.75. The van der Waals surface area contributed by atoms with Crippen LogP contribution in [-0.4, -0.2) is 77.9 Å². The lowest BCUT2D eigenvalue weighted by molar-refractivity contribution is -0.384. The Labute approximate surface area is 286 Å². The SMILES string of the molecule is COC(=O)C1C(C(F)(F)F)=NC(C)=C(C(=O)OCCCc2[nH]ccc2-c2ccc(OCC(O)CNC(C)C)cc2)C1c1cccc([N+](=O)[O-])c1. The number of hydrogen-bond acceptors (Lipinski definition) is 10. The minimum Gasteiger partial charge on any atom is -0.491 e. The van der Waals surface area contributed by atoms with Crippen LogP contribution in [0.3, 0.4) is 0 Å². The molecular formula is C35H39F3N4O8. The first-order valence-corrected chi connectivity index (χ1v) is 15.9. The number of aromatic nitrogens is 1. The van der Waals surface area contributed by atoms with Crippen LogP contribution in [0.15, 0.2) is 77.1 Å². The highest BCUT2D eigenvalue weighted by Crippen LogP contribution is 2.44. The van der Waals surface area contributed by atoms with Gasteiger partial charge in [0.25, 0.3) is 5.69 Å². The number of H-pyrrole nitrogens is 1. The standard InChI is InChI=1S/C35H39F3N4O8/c1-20(2)40-18-25(43)19-50-26-12-10-22(11-13-26)27-14-15-39-28(27)9-6-16-49-34(45)29-21(3)41-32(35(36,37)38)31(33(44)48-4)30(29)23-7-5-8-24(17-23)42(46)47/h5,7-8,10-15,17,20,25,30-31,39-40,43H,6,9,16,18-19H2,1-4H3. The van der Waals surface area contributed by atoms with Crippen molar-refractivity contribution in [2.24, 2.45) is 10.9 Å². The number of nitrogens with zero attached hydrogens (tertiary/aromatic N) is 2. The summed E-state index contributed by atoms with van der Waals surface area (Å²) in [6, 6.07) is 14.2. The lowest BCUT2D eigenvalue weighted by Gasteiger charge is -2.32. The first-order chi connectivity index (χ1) is 23.7. The summed E-state index contributed by atoms with van der Waals surface area (Å²) in [4.78, 5) is 43.9. The van der Waals surface area contributed by atoms with Crippen molar-refractivity contribution in [2.45, 2.75) is 57.9 Å². The summed E-state index contributed by atoms with van der Waals surface area (Å²) in [5.74, 6) is -5.46. The number of carbonyl (C=O) groups is 2. The number of halogens is 3. The zero-order chi connectivity index (χ0) is 36.6. The third kappa shape index (κ3) is 9.36. The Morgan fingerprint density at radius 2 is 1.86 bits per heavy atom. The Morgan fingerprint density at radius 3 is 2.50 bits per heavy atom. The summed E-state index contributed by atoms with van der Waals surface area (Å²) in [5, 5.41) is 24.7. The molecule has 1 aromatic heterocycles. The number of aliphatic hydroxyl groups is 1. The normalized spacial score (nSPS) is 16.9. The molecule has 3 unspecified atom stereocenters. The van der Waals surface area contributed by atoms with Gasteiger partial charge in [-0.05, 0) is 49.1 Å².